The number of nitrogens with zero attached hydrogens (tertiary/aromatic N) is 4. The molecule has 0 aromatic carbocycles. The highest BCUT2D eigenvalue weighted by molar-refractivity contribution is 6.27. The molecule has 0 aromatic rings. The second-order valence-corrected chi connectivity index (χ2v) is 20.4. The molecular weight excluding hydrogens is 873 g/mol. The maximum absolute atomic E-state index is 11.2. The molecule has 24 nitrogen and oxygen atoms in total. The lowest BCUT2D eigenvalue weighted by Crippen LogP contribution is -2.61. The number of hydrogen-bond acceptors (Lipinski definition) is 14. The standard InChI is InChI=1S/4C10H20N2O3.C2H2O4/c4*1-10(2,3)12(9(14)15)7-6-11-5-4-8(7)13;3-1(4)2(5)6/h4*7-8,11,13H,4-6H2,1-3H3,(H,14,15);(H,3,4)(H,5,6)/t4*7-,8+;/m0000./s1. The maximum Gasteiger partial charge on any atom is 0.414 e. The highest BCUT2D eigenvalue weighted by Gasteiger charge is 2.41. The van der Waals surface area contributed by atoms with E-state index in [1.54, 1.807) is 0 Å². The van der Waals surface area contributed by atoms with Crippen molar-refractivity contribution >= 4 is 36.3 Å². The van der Waals surface area contributed by atoms with Gasteiger partial charge < -0.3 is 72.3 Å². The van der Waals surface area contributed by atoms with Gasteiger partial charge in [0, 0.05) is 48.3 Å². The van der Waals surface area contributed by atoms with Gasteiger partial charge in [-0.1, -0.05) is 0 Å². The van der Waals surface area contributed by atoms with E-state index >= 15 is 0 Å². The molecule has 4 aliphatic rings. The number of carboxylic acid groups (broad SMARTS) is 6. The van der Waals surface area contributed by atoms with Crippen LogP contribution in [0.15, 0.2) is 0 Å². The average Bonchev–Trinajstić information content (AvgIpc) is 3.13. The number of carboxylic acids is 2. The molecule has 0 unspecified atom stereocenters. The van der Waals surface area contributed by atoms with E-state index in [1.165, 1.54) is 19.6 Å². The first-order valence-electron chi connectivity index (χ1n) is 22.1. The molecule has 4 fully saturated rings. The molecule has 0 spiro atoms. The second kappa shape index (κ2) is 26.9. The van der Waals surface area contributed by atoms with Crippen LogP contribution in [0.5, 0.6) is 0 Å². The largest absolute Gasteiger partial charge is 0.473 e. The number of nitrogens with one attached hydrogen (secondary N) is 4. The van der Waals surface area contributed by atoms with Gasteiger partial charge >= 0.3 is 36.3 Å². The van der Waals surface area contributed by atoms with Gasteiger partial charge in [0.05, 0.1) is 48.6 Å². The summed E-state index contributed by atoms with van der Waals surface area (Å²) in [6.07, 6.45) is -3.77. The Morgan fingerprint density at radius 2 is 0.500 bits per heavy atom. The van der Waals surface area contributed by atoms with Crippen molar-refractivity contribution < 1.29 is 79.8 Å². The molecular formula is C42H82N8O16. The maximum atomic E-state index is 11.2. The Balaban J connectivity index is 0.000000819. The van der Waals surface area contributed by atoms with Crippen molar-refractivity contribution in [2.45, 2.75) is 180 Å². The molecule has 0 aliphatic carbocycles. The normalized spacial score (nSPS) is 25.6. The van der Waals surface area contributed by atoms with Gasteiger partial charge in [-0.2, -0.15) is 0 Å². The molecule has 0 aromatic heterocycles. The molecule has 0 bridgehead atoms. The molecule has 4 aliphatic heterocycles. The Morgan fingerprint density at radius 1 is 0.348 bits per heavy atom. The van der Waals surface area contributed by atoms with Crippen molar-refractivity contribution in [2.75, 3.05) is 52.4 Å². The molecule has 4 heterocycles. The molecule has 4 rings (SSSR count). The van der Waals surface area contributed by atoms with Gasteiger partial charge in [-0.25, -0.2) is 28.8 Å². The number of aliphatic carboxylic acids is 2. The Bertz CT molecular complexity index is 1340. The smallest absolute Gasteiger partial charge is 0.414 e. The van der Waals surface area contributed by atoms with E-state index in [9.17, 15) is 39.6 Å². The zero-order chi connectivity index (χ0) is 51.7. The third-order valence-corrected chi connectivity index (χ3v) is 10.9. The van der Waals surface area contributed by atoms with Crippen LogP contribution < -0.4 is 21.3 Å². The van der Waals surface area contributed by atoms with Gasteiger partial charge in [0.2, 0.25) is 0 Å². The third-order valence-electron chi connectivity index (χ3n) is 10.9. The summed E-state index contributed by atoms with van der Waals surface area (Å²) in [7, 11) is 0. The molecule has 0 saturated carbocycles. The summed E-state index contributed by atoms with van der Waals surface area (Å²) in [4.78, 5) is 68.3. The van der Waals surface area contributed by atoms with Crippen LogP contribution in [0.3, 0.4) is 0 Å². The van der Waals surface area contributed by atoms with E-state index in [2.05, 4.69) is 21.3 Å². The first-order valence-corrected chi connectivity index (χ1v) is 22.1. The summed E-state index contributed by atoms with van der Waals surface area (Å²) in [6, 6.07) is -1.40. The molecule has 0 radical (unpaired) electrons. The van der Waals surface area contributed by atoms with Gasteiger partial charge in [0.25, 0.3) is 0 Å². The minimum atomic E-state index is -1.82. The minimum absolute atomic E-state index is 0.351. The van der Waals surface area contributed by atoms with Crippen LogP contribution in [0.1, 0.15) is 109 Å². The van der Waals surface area contributed by atoms with E-state index in [1.807, 2.05) is 83.1 Å². The van der Waals surface area contributed by atoms with E-state index in [4.69, 9.17) is 40.2 Å². The highest BCUT2D eigenvalue weighted by Crippen LogP contribution is 2.25. The summed E-state index contributed by atoms with van der Waals surface area (Å²) in [5.41, 5.74) is -1.96. The number of amides is 4. The van der Waals surface area contributed by atoms with Crippen LogP contribution in [-0.2, 0) is 9.59 Å². The van der Waals surface area contributed by atoms with Crippen molar-refractivity contribution in [3.8, 4) is 0 Å². The highest BCUT2D eigenvalue weighted by atomic mass is 16.4. The lowest BCUT2D eigenvalue weighted by molar-refractivity contribution is -0.159. The fourth-order valence-corrected chi connectivity index (χ4v) is 8.07. The van der Waals surface area contributed by atoms with Crippen LogP contribution in [-0.4, -0.2) is 230 Å². The fourth-order valence-electron chi connectivity index (χ4n) is 8.07. The monoisotopic (exact) mass is 955 g/mol. The summed E-state index contributed by atoms with van der Waals surface area (Å²) in [5, 5.41) is 103. The predicted molar refractivity (Wildman–Crippen MR) is 243 cm³/mol. The zero-order valence-electron chi connectivity index (χ0n) is 40.8. The van der Waals surface area contributed by atoms with E-state index in [-0.39, 0.29) is 24.2 Å². The van der Waals surface area contributed by atoms with E-state index in [0.29, 0.717) is 51.9 Å². The number of piperidine rings is 4. The number of rotatable bonds is 4. The Labute approximate surface area is 388 Å². The molecule has 24 heteroatoms. The number of aliphatic hydroxyl groups excluding tert-OH is 4. The summed E-state index contributed by atoms with van der Waals surface area (Å²) in [5.74, 6) is -3.65. The van der Waals surface area contributed by atoms with E-state index < -0.39 is 82.9 Å². The van der Waals surface area contributed by atoms with Crippen molar-refractivity contribution in [3.05, 3.63) is 0 Å². The predicted octanol–water partition coefficient (Wildman–Crippen LogP) is 1.11. The van der Waals surface area contributed by atoms with Crippen LogP contribution in [0.25, 0.3) is 0 Å². The topological polar surface area (TPSA) is 366 Å². The van der Waals surface area contributed by atoms with Crippen molar-refractivity contribution in [1.29, 1.82) is 0 Å². The zero-order valence-corrected chi connectivity index (χ0v) is 40.8. The lowest BCUT2D eigenvalue weighted by Gasteiger charge is -2.43. The van der Waals surface area contributed by atoms with Crippen LogP contribution in [0, 0.1) is 0 Å². The molecule has 4 saturated heterocycles. The van der Waals surface area contributed by atoms with E-state index in [0.717, 1.165) is 26.2 Å². The van der Waals surface area contributed by atoms with Gasteiger partial charge in [-0.3, -0.25) is 19.6 Å². The van der Waals surface area contributed by atoms with Crippen molar-refractivity contribution in [2.24, 2.45) is 0 Å². The van der Waals surface area contributed by atoms with Crippen molar-refractivity contribution in [1.82, 2.24) is 40.9 Å². The first-order chi connectivity index (χ1) is 30.0. The Morgan fingerprint density at radius 3 is 0.591 bits per heavy atom. The molecule has 386 valence electrons. The quantitative estimate of drug-likeness (QED) is 0.175. The average molecular weight is 955 g/mol. The summed E-state index contributed by atoms with van der Waals surface area (Å²) in [6.45, 7) is 27.1. The number of carbonyl (C=O) groups is 6. The molecule has 66 heavy (non-hydrogen) atoms. The number of hydrogen-bond donors (Lipinski definition) is 14. The van der Waals surface area contributed by atoms with Crippen LogP contribution in [0.2, 0.25) is 0 Å². The first kappa shape index (κ1) is 61.7. The van der Waals surface area contributed by atoms with Gasteiger partial charge in [0.15, 0.2) is 0 Å². The lowest BCUT2D eigenvalue weighted by atomic mass is 9.96. The summed E-state index contributed by atoms with van der Waals surface area (Å²) < 4.78 is 0. The van der Waals surface area contributed by atoms with Crippen LogP contribution >= 0.6 is 0 Å². The van der Waals surface area contributed by atoms with Crippen LogP contribution in [0.4, 0.5) is 19.2 Å². The third kappa shape index (κ3) is 20.7. The minimum Gasteiger partial charge on any atom is -0.473 e. The SMILES string of the molecule is CC(C)(C)N(C(=O)O)[C@H]1CNCC[C@H]1O.CC(C)(C)N(C(=O)O)[C@H]1CNCC[C@H]1O.CC(C)(C)N(C(=O)O)[C@H]1CNCC[C@H]1O.CC(C)(C)N(C(=O)O)[C@H]1CNCC[C@H]1O.O=C(O)C(=O)O. The second-order valence-electron chi connectivity index (χ2n) is 20.4. The summed E-state index contributed by atoms with van der Waals surface area (Å²) >= 11 is 0. The molecule has 14 N–H and O–H groups in total. The molecule has 8 atom stereocenters. The fraction of sp³-hybridized carbons (Fsp3) is 0.857. The van der Waals surface area contributed by atoms with Gasteiger partial charge in [-0.05, 0) is 135 Å². The Hall–Kier alpha value is -4.30. The molecule has 4 amide bonds. The number of aliphatic hydroxyl groups is 4. The van der Waals surface area contributed by atoms with Gasteiger partial charge in [-0.15, -0.1) is 0 Å². The van der Waals surface area contributed by atoms with Crippen molar-refractivity contribution in [3.63, 3.8) is 0 Å². The van der Waals surface area contributed by atoms with Gasteiger partial charge in [0.1, 0.15) is 0 Å². The Kier molecular flexibility index (Phi) is 25.1.